The maximum atomic E-state index is 13.2. The first-order valence-corrected chi connectivity index (χ1v) is 9.24. The number of rotatable bonds is 4. The van der Waals surface area contributed by atoms with E-state index in [2.05, 4.69) is 0 Å². The molecule has 1 aromatic heterocycles. The second-order valence-corrected chi connectivity index (χ2v) is 7.60. The fourth-order valence-electron chi connectivity index (χ4n) is 3.26. The average molecular weight is 393 g/mol. The maximum absolute atomic E-state index is 13.2. The second-order valence-electron chi connectivity index (χ2n) is 7.60. The number of hydrogen-bond acceptors (Lipinski definition) is 5. The Morgan fingerprint density at radius 1 is 0.931 bits per heavy atom. The smallest absolute Gasteiger partial charge is 0.355 e. The molecule has 0 amide bonds. The lowest BCUT2D eigenvalue weighted by atomic mass is 9.96. The Balaban J connectivity index is 2.35. The molecule has 0 unspecified atom stereocenters. The van der Waals surface area contributed by atoms with Crippen molar-refractivity contribution >= 4 is 22.7 Å². The van der Waals surface area contributed by atoms with E-state index in [0.29, 0.717) is 16.3 Å². The average Bonchev–Trinajstić information content (AvgIpc) is 2.68. The van der Waals surface area contributed by atoms with Gasteiger partial charge in [-0.25, -0.2) is 4.79 Å². The molecule has 3 aromatic rings. The molecule has 150 valence electrons. The Kier molecular flexibility index (Phi) is 5.55. The minimum absolute atomic E-state index is 0.0215. The highest BCUT2D eigenvalue weighted by atomic mass is 16.6. The second kappa shape index (κ2) is 7.91. The van der Waals surface area contributed by atoms with Gasteiger partial charge in [-0.15, -0.1) is 0 Å². The van der Waals surface area contributed by atoms with Crippen LogP contribution < -0.4 is 5.56 Å². The van der Waals surface area contributed by atoms with Gasteiger partial charge in [0.15, 0.2) is 0 Å². The molecule has 0 N–H and O–H groups in total. The van der Waals surface area contributed by atoms with E-state index in [1.807, 2.05) is 30.3 Å². The van der Waals surface area contributed by atoms with Crippen LogP contribution in [0.1, 0.15) is 31.3 Å². The van der Waals surface area contributed by atoms with Crippen molar-refractivity contribution in [3.8, 4) is 11.1 Å². The van der Waals surface area contributed by atoms with Crippen molar-refractivity contribution in [3.63, 3.8) is 0 Å². The third-order valence-corrected chi connectivity index (χ3v) is 4.33. The molecule has 6 nitrogen and oxygen atoms in total. The van der Waals surface area contributed by atoms with Gasteiger partial charge in [-0.1, -0.05) is 48.5 Å². The molecule has 2 aromatic carbocycles. The molecule has 0 aliphatic heterocycles. The number of methoxy groups -OCH3 is 1. The minimum Gasteiger partial charge on any atom is -0.464 e. The number of hydrogen-bond donors (Lipinski definition) is 0. The van der Waals surface area contributed by atoms with Crippen LogP contribution >= 0.6 is 0 Å². The summed E-state index contributed by atoms with van der Waals surface area (Å²) >= 11 is 0. The molecule has 0 aliphatic carbocycles. The zero-order valence-electron chi connectivity index (χ0n) is 16.9. The highest BCUT2D eigenvalue weighted by Crippen LogP contribution is 2.31. The van der Waals surface area contributed by atoms with Crippen molar-refractivity contribution in [1.29, 1.82) is 0 Å². The molecular weight excluding hydrogens is 370 g/mol. The molecule has 0 radical (unpaired) electrons. The SMILES string of the molecule is COC(=O)c1c(-c2ccccc2)c2ccccc2c(=O)n1CC(=O)OC(C)(C)C. The van der Waals surface area contributed by atoms with E-state index in [1.165, 1.54) is 7.11 Å². The summed E-state index contributed by atoms with van der Waals surface area (Å²) in [5.74, 6) is -1.31. The summed E-state index contributed by atoms with van der Waals surface area (Å²) in [6.45, 7) is 4.82. The van der Waals surface area contributed by atoms with Crippen LogP contribution in [0.25, 0.3) is 21.9 Å². The lowest BCUT2D eigenvalue weighted by molar-refractivity contribution is -0.155. The number of esters is 2. The van der Waals surface area contributed by atoms with Crippen LogP contribution in [0.15, 0.2) is 59.4 Å². The molecule has 0 saturated heterocycles. The minimum atomic E-state index is -0.717. The van der Waals surface area contributed by atoms with E-state index in [1.54, 1.807) is 45.0 Å². The van der Waals surface area contributed by atoms with Crippen molar-refractivity contribution in [2.24, 2.45) is 0 Å². The molecular formula is C23H23NO5. The Morgan fingerprint density at radius 2 is 1.52 bits per heavy atom. The molecule has 29 heavy (non-hydrogen) atoms. The monoisotopic (exact) mass is 393 g/mol. The van der Waals surface area contributed by atoms with Crippen LogP contribution in [0.2, 0.25) is 0 Å². The van der Waals surface area contributed by atoms with Crippen LogP contribution in [0.5, 0.6) is 0 Å². The van der Waals surface area contributed by atoms with Crippen LogP contribution in [0.4, 0.5) is 0 Å². The van der Waals surface area contributed by atoms with Crippen molar-refractivity contribution < 1.29 is 19.1 Å². The summed E-state index contributed by atoms with van der Waals surface area (Å²) in [5, 5.41) is 1.02. The summed E-state index contributed by atoms with van der Waals surface area (Å²) in [5.41, 5.74) is 0.128. The van der Waals surface area contributed by atoms with Gasteiger partial charge in [-0.2, -0.15) is 0 Å². The predicted molar refractivity (Wildman–Crippen MR) is 111 cm³/mol. The number of carbonyl (C=O) groups is 2. The van der Waals surface area contributed by atoms with Gasteiger partial charge >= 0.3 is 11.9 Å². The van der Waals surface area contributed by atoms with Gasteiger partial charge in [0.1, 0.15) is 17.8 Å². The molecule has 0 aliphatic rings. The Labute approximate surface area is 168 Å². The quantitative estimate of drug-likeness (QED) is 0.631. The third-order valence-electron chi connectivity index (χ3n) is 4.33. The molecule has 6 heteroatoms. The highest BCUT2D eigenvalue weighted by Gasteiger charge is 2.26. The molecule has 0 atom stereocenters. The molecule has 3 rings (SSSR count). The highest BCUT2D eigenvalue weighted by molar-refractivity contribution is 6.06. The Hall–Kier alpha value is -3.41. The molecule has 0 bridgehead atoms. The van der Waals surface area contributed by atoms with Crippen LogP contribution in [-0.4, -0.2) is 29.2 Å². The summed E-state index contributed by atoms with van der Waals surface area (Å²) in [6, 6.07) is 16.2. The Bertz CT molecular complexity index is 1120. The lowest BCUT2D eigenvalue weighted by Crippen LogP contribution is -2.34. The molecule has 1 heterocycles. The van der Waals surface area contributed by atoms with E-state index in [0.717, 1.165) is 10.1 Å². The largest absolute Gasteiger partial charge is 0.464 e. The van der Waals surface area contributed by atoms with Gasteiger partial charge in [-0.3, -0.25) is 14.2 Å². The van der Waals surface area contributed by atoms with E-state index in [9.17, 15) is 14.4 Å². The fourth-order valence-corrected chi connectivity index (χ4v) is 3.26. The van der Waals surface area contributed by atoms with E-state index < -0.39 is 29.6 Å². The van der Waals surface area contributed by atoms with Crippen molar-refractivity contribution in [1.82, 2.24) is 4.57 Å². The van der Waals surface area contributed by atoms with Gasteiger partial charge in [0.05, 0.1) is 7.11 Å². The first-order valence-electron chi connectivity index (χ1n) is 9.24. The van der Waals surface area contributed by atoms with E-state index in [4.69, 9.17) is 9.47 Å². The Morgan fingerprint density at radius 3 is 2.10 bits per heavy atom. The first kappa shape index (κ1) is 20.3. The molecule has 0 spiro atoms. The van der Waals surface area contributed by atoms with Crippen LogP contribution in [0, 0.1) is 0 Å². The van der Waals surface area contributed by atoms with Crippen molar-refractivity contribution in [3.05, 3.63) is 70.6 Å². The number of aromatic nitrogens is 1. The predicted octanol–water partition coefficient (Wildman–Crippen LogP) is 3.80. The lowest BCUT2D eigenvalue weighted by Gasteiger charge is -2.22. The summed E-state index contributed by atoms with van der Waals surface area (Å²) in [6.07, 6.45) is 0. The number of benzene rings is 2. The summed E-state index contributed by atoms with van der Waals surface area (Å²) in [7, 11) is 1.24. The van der Waals surface area contributed by atoms with Crippen LogP contribution in [-0.2, 0) is 20.8 Å². The zero-order valence-corrected chi connectivity index (χ0v) is 16.9. The molecule has 0 saturated carbocycles. The van der Waals surface area contributed by atoms with Crippen molar-refractivity contribution in [2.75, 3.05) is 7.11 Å². The number of pyridine rings is 1. The van der Waals surface area contributed by atoms with Crippen molar-refractivity contribution in [2.45, 2.75) is 32.9 Å². The number of fused-ring (bicyclic) bond motifs is 1. The maximum Gasteiger partial charge on any atom is 0.355 e. The first-order chi connectivity index (χ1) is 13.7. The number of nitrogens with zero attached hydrogens (tertiary/aromatic N) is 1. The normalized spacial score (nSPS) is 11.3. The zero-order chi connectivity index (χ0) is 21.2. The number of carbonyl (C=O) groups excluding carboxylic acids is 2. The van der Waals surface area contributed by atoms with Crippen LogP contribution in [0.3, 0.4) is 0 Å². The van der Waals surface area contributed by atoms with Gasteiger partial charge in [0, 0.05) is 10.9 Å². The van der Waals surface area contributed by atoms with Gasteiger partial charge in [-0.05, 0) is 37.8 Å². The number of ether oxygens (including phenoxy) is 2. The molecule has 0 fully saturated rings. The van der Waals surface area contributed by atoms with Gasteiger partial charge in [0.25, 0.3) is 5.56 Å². The van der Waals surface area contributed by atoms with Gasteiger partial charge < -0.3 is 9.47 Å². The standard InChI is InChI=1S/C23H23NO5/c1-23(2,3)29-18(25)14-24-20(22(27)28-4)19(15-10-6-5-7-11-15)16-12-8-9-13-17(16)21(24)26/h5-13H,14H2,1-4H3. The summed E-state index contributed by atoms with van der Waals surface area (Å²) < 4.78 is 11.5. The topological polar surface area (TPSA) is 74.6 Å². The fraction of sp³-hybridized carbons (Fsp3) is 0.261. The summed E-state index contributed by atoms with van der Waals surface area (Å²) in [4.78, 5) is 38.5. The van der Waals surface area contributed by atoms with Gasteiger partial charge in [0.2, 0.25) is 0 Å². The third kappa shape index (κ3) is 4.21. The van der Waals surface area contributed by atoms with E-state index in [-0.39, 0.29) is 5.69 Å². The van der Waals surface area contributed by atoms with E-state index >= 15 is 0 Å².